The normalized spacial score (nSPS) is 11.9. The van der Waals surface area contributed by atoms with Crippen LogP contribution in [0.15, 0.2) is 12.1 Å². The standard InChI is InChI=1S/C9H12N4O3/c1-5-2-3-6(13-12-5)9(16)11-7(4-14)8(10)15/h2-3,7,14H,4H2,1H3,(H2,10,15)(H,11,16)/t7-/m1/s1. The molecule has 0 aromatic carbocycles. The van der Waals surface area contributed by atoms with Gasteiger partial charge in [0.1, 0.15) is 6.04 Å². The van der Waals surface area contributed by atoms with E-state index in [4.69, 9.17) is 10.8 Å². The van der Waals surface area contributed by atoms with Gasteiger partial charge in [-0.15, -0.1) is 5.10 Å². The second kappa shape index (κ2) is 5.17. The van der Waals surface area contributed by atoms with Crippen LogP contribution in [0.5, 0.6) is 0 Å². The van der Waals surface area contributed by atoms with Crippen LogP contribution < -0.4 is 11.1 Å². The van der Waals surface area contributed by atoms with Crippen LogP contribution >= 0.6 is 0 Å². The van der Waals surface area contributed by atoms with Crippen molar-refractivity contribution in [3.8, 4) is 0 Å². The second-order valence-electron chi connectivity index (χ2n) is 3.17. The SMILES string of the molecule is Cc1ccc(C(=O)N[C@H](CO)C(N)=O)nn1. The molecule has 1 aromatic rings. The molecule has 4 N–H and O–H groups in total. The Bertz CT molecular complexity index is 390. The zero-order valence-corrected chi connectivity index (χ0v) is 8.67. The predicted octanol–water partition coefficient (Wildman–Crippen LogP) is -1.64. The van der Waals surface area contributed by atoms with Gasteiger partial charge < -0.3 is 16.2 Å². The van der Waals surface area contributed by atoms with Gasteiger partial charge in [-0.3, -0.25) is 9.59 Å². The molecule has 86 valence electrons. The minimum atomic E-state index is -1.12. The highest BCUT2D eigenvalue weighted by Gasteiger charge is 2.18. The lowest BCUT2D eigenvalue weighted by atomic mass is 10.2. The van der Waals surface area contributed by atoms with E-state index in [9.17, 15) is 9.59 Å². The monoisotopic (exact) mass is 224 g/mol. The first-order chi connectivity index (χ1) is 7.54. The molecule has 0 bridgehead atoms. The van der Waals surface area contributed by atoms with Crippen molar-refractivity contribution in [1.82, 2.24) is 15.5 Å². The van der Waals surface area contributed by atoms with Gasteiger partial charge in [0.15, 0.2) is 5.69 Å². The molecule has 0 saturated carbocycles. The fraction of sp³-hybridized carbons (Fsp3) is 0.333. The highest BCUT2D eigenvalue weighted by atomic mass is 16.3. The van der Waals surface area contributed by atoms with E-state index in [0.717, 1.165) is 0 Å². The molecular weight excluding hydrogens is 212 g/mol. The van der Waals surface area contributed by atoms with E-state index in [1.807, 2.05) is 0 Å². The van der Waals surface area contributed by atoms with Gasteiger partial charge in [0.2, 0.25) is 5.91 Å². The van der Waals surface area contributed by atoms with Gasteiger partial charge in [0, 0.05) is 0 Å². The summed E-state index contributed by atoms with van der Waals surface area (Å²) in [7, 11) is 0. The van der Waals surface area contributed by atoms with Crippen LogP contribution in [0.2, 0.25) is 0 Å². The van der Waals surface area contributed by atoms with E-state index in [1.165, 1.54) is 6.07 Å². The maximum atomic E-state index is 11.5. The summed E-state index contributed by atoms with van der Waals surface area (Å²) in [6.07, 6.45) is 0. The lowest BCUT2D eigenvalue weighted by Gasteiger charge is -2.11. The molecule has 7 heteroatoms. The number of nitrogens with one attached hydrogen (secondary N) is 1. The molecule has 0 fully saturated rings. The molecular formula is C9H12N4O3. The van der Waals surface area contributed by atoms with Crippen LogP contribution in [0.4, 0.5) is 0 Å². The van der Waals surface area contributed by atoms with E-state index in [1.54, 1.807) is 13.0 Å². The molecule has 0 saturated heterocycles. The van der Waals surface area contributed by atoms with Crippen molar-refractivity contribution in [2.45, 2.75) is 13.0 Å². The number of hydrogen-bond acceptors (Lipinski definition) is 5. The van der Waals surface area contributed by atoms with Crippen LogP contribution in [0.25, 0.3) is 0 Å². The van der Waals surface area contributed by atoms with Gasteiger partial charge in [0.25, 0.3) is 5.91 Å². The summed E-state index contributed by atoms with van der Waals surface area (Å²) in [5, 5.41) is 18.3. The van der Waals surface area contributed by atoms with Crippen molar-refractivity contribution in [1.29, 1.82) is 0 Å². The Labute approximate surface area is 91.7 Å². The summed E-state index contributed by atoms with van der Waals surface area (Å²) in [6, 6.07) is 1.96. The topological polar surface area (TPSA) is 118 Å². The minimum Gasteiger partial charge on any atom is -0.394 e. The number of carbonyl (C=O) groups excluding carboxylic acids is 2. The summed E-state index contributed by atoms with van der Waals surface area (Å²) in [5.74, 6) is -1.42. The van der Waals surface area contributed by atoms with E-state index < -0.39 is 24.5 Å². The van der Waals surface area contributed by atoms with Gasteiger partial charge in [-0.2, -0.15) is 5.10 Å². The molecule has 7 nitrogen and oxygen atoms in total. The number of amides is 2. The zero-order valence-electron chi connectivity index (χ0n) is 8.67. The third kappa shape index (κ3) is 2.99. The van der Waals surface area contributed by atoms with Crippen molar-refractivity contribution in [2.75, 3.05) is 6.61 Å². The van der Waals surface area contributed by atoms with Gasteiger partial charge >= 0.3 is 0 Å². The number of hydrogen-bond donors (Lipinski definition) is 3. The van der Waals surface area contributed by atoms with Gasteiger partial charge in [-0.05, 0) is 19.1 Å². The molecule has 0 unspecified atom stereocenters. The van der Waals surface area contributed by atoms with Crippen LogP contribution in [-0.2, 0) is 4.79 Å². The predicted molar refractivity (Wildman–Crippen MR) is 54.3 cm³/mol. The van der Waals surface area contributed by atoms with E-state index in [0.29, 0.717) is 5.69 Å². The van der Waals surface area contributed by atoms with Crippen molar-refractivity contribution in [3.63, 3.8) is 0 Å². The summed E-state index contributed by atoms with van der Waals surface area (Å²) in [5.41, 5.74) is 5.68. The molecule has 0 aliphatic rings. The largest absolute Gasteiger partial charge is 0.394 e. The molecule has 0 radical (unpaired) electrons. The molecule has 0 aliphatic heterocycles. The maximum Gasteiger partial charge on any atom is 0.272 e. The van der Waals surface area contributed by atoms with Crippen molar-refractivity contribution in [3.05, 3.63) is 23.5 Å². The van der Waals surface area contributed by atoms with Crippen LogP contribution in [0.1, 0.15) is 16.2 Å². The Morgan fingerprint density at radius 3 is 2.62 bits per heavy atom. The average Bonchev–Trinajstić information content (AvgIpc) is 2.26. The van der Waals surface area contributed by atoms with E-state index in [2.05, 4.69) is 15.5 Å². The molecule has 1 rings (SSSR count). The van der Waals surface area contributed by atoms with Gasteiger partial charge in [-0.1, -0.05) is 0 Å². The van der Waals surface area contributed by atoms with Crippen LogP contribution in [-0.4, -0.2) is 39.8 Å². The third-order valence-electron chi connectivity index (χ3n) is 1.86. The quantitative estimate of drug-likeness (QED) is 0.567. The number of aromatic nitrogens is 2. The van der Waals surface area contributed by atoms with E-state index in [-0.39, 0.29) is 5.69 Å². The number of aliphatic hydroxyl groups excluding tert-OH is 1. The summed E-state index contributed by atoms with van der Waals surface area (Å²) >= 11 is 0. The molecule has 1 aromatic heterocycles. The number of primary amides is 1. The number of rotatable bonds is 4. The molecule has 1 heterocycles. The lowest BCUT2D eigenvalue weighted by Crippen LogP contribution is -2.47. The Morgan fingerprint density at radius 1 is 1.50 bits per heavy atom. The highest BCUT2D eigenvalue weighted by Crippen LogP contribution is 1.95. The van der Waals surface area contributed by atoms with Crippen molar-refractivity contribution in [2.24, 2.45) is 5.73 Å². The van der Waals surface area contributed by atoms with Crippen LogP contribution in [0, 0.1) is 6.92 Å². The number of nitrogens with two attached hydrogens (primary N) is 1. The number of nitrogens with zero attached hydrogens (tertiary/aromatic N) is 2. The van der Waals surface area contributed by atoms with Crippen LogP contribution in [0.3, 0.4) is 0 Å². The second-order valence-corrected chi connectivity index (χ2v) is 3.17. The highest BCUT2D eigenvalue weighted by molar-refractivity contribution is 5.95. The molecule has 1 atom stereocenters. The Hall–Kier alpha value is -2.02. The fourth-order valence-electron chi connectivity index (χ4n) is 0.959. The molecule has 2 amide bonds. The summed E-state index contributed by atoms with van der Waals surface area (Å²) < 4.78 is 0. The number of carbonyl (C=O) groups is 2. The first-order valence-corrected chi connectivity index (χ1v) is 4.56. The Morgan fingerprint density at radius 2 is 2.19 bits per heavy atom. The summed E-state index contributed by atoms with van der Waals surface area (Å²) in [4.78, 5) is 22.3. The Kier molecular flexibility index (Phi) is 3.90. The fourth-order valence-corrected chi connectivity index (χ4v) is 0.959. The smallest absolute Gasteiger partial charge is 0.272 e. The maximum absolute atomic E-state index is 11.5. The minimum absolute atomic E-state index is 0.0605. The van der Waals surface area contributed by atoms with Crippen molar-refractivity contribution < 1.29 is 14.7 Å². The number of aryl methyl sites for hydroxylation is 1. The Balaban J connectivity index is 2.71. The third-order valence-corrected chi connectivity index (χ3v) is 1.86. The molecule has 16 heavy (non-hydrogen) atoms. The van der Waals surface area contributed by atoms with Gasteiger partial charge in [0.05, 0.1) is 12.3 Å². The summed E-state index contributed by atoms with van der Waals surface area (Å²) in [6.45, 7) is 1.18. The molecule has 0 aliphatic carbocycles. The van der Waals surface area contributed by atoms with Gasteiger partial charge in [-0.25, -0.2) is 0 Å². The first-order valence-electron chi connectivity index (χ1n) is 4.56. The average molecular weight is 224 g/mol. The zero-order chi connectivity index (χ0) is 12.1. The lowest BCUT2D eigenvalue weighted by molar-refractivity contribution is -0.120. The van der Waals surface area contributed by atoms with Crippen molar-refractivity contribution >= 4 is 11.8 Å². The van der Waals surface area contributed by atoms with E-state index >= 15 is 0 Å². The first kappa shape index (κ1) is 12.1. The molecule has 0 spiro atoms. The number of aliphatic hydroxyl groups is 1.